The molecule has 0 aliphatic heterocycles. The van der Waals surface area contributed by atoms with E-state index in [2.05, 4.69) is 5.32 Å². The molecule has 1 nitrogen and oxygen atoms in total. The summed E-state index contributed by atoms with van der Waals surface area (Å²) in [7, 11) is 0. The van der Waals surface area contributed by atoms with Crippen molar-refractivity contribution in [2.45, 2.75) is 6.42 Å². The number of hydrogen-bond donors (Lipinski definition) is 1. The Kier molecular flexibility index (Phi) is 3.99. The molecule has 0 fully saturated rings. The number of nitrogens with one attached hydrogen (secondary N) is 1. The summed E-state index contributed by atoms with van der Waals surface area (Å²) in [4.78, 5) is 0. The van der Waals surface area contributed by atoms with Crippen molar-refractivity contribution in [1.82, 2.24) is 0 Å². The Labute approximate surface area is 105 Å². The third-order valence-corrected chi connectivity index (χ3v) is 2.82. The van der Waals surface area contributed by atoms with Crippen LogP contribution >= 0.6 is 11.6 Å². The monoisotopic (exact) mass is 249 g/mol. The van der Waals surface area contributed by atoms with Gasteiger partial charge in [0.25, 0.3) is 0 Å². The first kappa shape index (κ1) is 11.9. The first-order valence-electron chi connectivity index (χ1n) is 5.49. The molecule has 1 N–H and O–H groups in total. The number of para-hydroxylation sites is 1. The molecule has 3 heteroatoms. The molecule has 0 amide bonds. The predicted molar refractivity (Wildman–Crippen MR) is 70.0 cm³/mol. The van der Waals surface area contributed by atoms with E-state index in [1.807, 2.05) is 30.3 Å². The fourth-order valence-corrected chi connectivity index (χ4v) is 1.83. The Morgan fingerprint density at radius 1 is 1.00 bits per heavy atom. The zero-order chi connectivity index (χ0) is 12.1. The SMILES string of the molecule is Fc1c(Cl)cccc1CCNc1ccccc1. The molecule has 0 bridgehead atoms. The van der Waals surface area contributed by atoms with Crippen LogP contribution in [0.2, 0.25) is 5.02 Å². The van der Waals surface area contributed by atoms with Gasteiger partial charge < -0.3 is 5.32 Å². The van der Waals surface area contributed by atoms with Crippen LogP contribution in [0.4, 0.5) is 10.1 Å². The van der Waals surface area contributed by atoms with Crippen molar-refractivity contribution in [2.75, 3.05) is 11.9 Å². The van der Waals surface area contributed by atoms with Crippen LogP contribution in [-0.4, -0.2) is 6.54 Å². The molecule has 0 aromatic heterocycles. The van der Waals surface area contributed by atoms with Gasteiger partial charge in [-0.2, -0.15) is 0 Å². The van der Waals surface area contributed by atoms with Crippen LogP contribution < -0.4 is 5.32 Å². The van der Waals surface area contributed by atoms with E-state index in [1.54, 1.807) is 18.2 Å². The van der Waals surface area contributed by atoms with Gasteiger partial charge in [0.05, 0.1) is 5.02 Å². The van der Waals surface area contributed by atoms with Crippen molar-refractivity contribution < 1.29 is 4.39 Å². The molecule has 0 unspecified atom stereocenters. The summed E-state index contributed by atoms with van der Waals surface area (Å²) >= 11 is 5.71. The van der Waals surface area contributed by atoms with Crippen LogP contribution in [0.5, 0.6) is 0 Å². The van der Waals surface area contributed by atoms with Gasteiger partial charge in [-0.3, -0.25) is 0 Å². The lowest BCUT2D eigenvalue weighted by molar-refractivity contribution is 0.611. The molecular formula is C14H13ClFN. The van der Waals surface area contributed by atoms with Crippen molar-refractivity contribution in [3.8, 4) is 0 Å². The van der Waals surface area contributed by atoms with Gasteiger partial charge in [0.15, 0.2) is 0 Å². The van der Waals surface area contributed by atoms with Crippen molar-refractivity contribution in [1.29, 1.82) is 0 Å². The summed E-state index contributed by atoms with van der Waals surface area (Å²) in [5.41, 5.74) is 1.68. The fourth-order valence-electron chi connectivity index (χ4n) is 1.64. The molecule has 0 atom stereocenters. The molecule has 0 heterocycles. The maximum atomic E-state index is 13.6. The van der Waals surface area contributed by atoms with Gasteiger partial charge in [0, 0.05) is 12.2 Å². The van der Waals surface area contributed by atoms with Crippen LogP contribution in [0.1, 0.15) is 5.56 Å². The number of anilines is 1. The minimum absolute atomic E-state index is 0.183. The van der Waals surface area contributed by atoms with Gasteiger partial charge >= 0.3 is 0 Å². The van der Waals surface area contributed by atoms with Crippen LogP contribution in [-0.2, 0) is 6.42 Å². The molecule has 0 aliphatic rings. The molecule has 0 saturated carbocycles. The van der Waals surface area contributed by atoms with E-state index in [0.717, 1.165) is 5.69 Å². The summed E-state index contributed by atoms with van der Waals surface area (Å²) in [6.45, 7) is 0.682. The largest absolute Gasteiger partial charge is 0.385 e. The van der Waals surface area contributed by atoms with Crippen LogP contribution in [0.3, 0.4) is 0 Å². The standard InChI is InChI=1S/C14H13ClFN/c15-13-8-4-5-11(14(13)16)9-10-17-12-6-2-1-3-7-12/h1-8,17H,9-10H2. The van der Waals surface area contributed by atoms with Gasteiger partial charge in [-0.15, -0.1) is 0 Å². The minimum Gasteiger partial charge on any atom is -0.385 e. The average molecular weight is 250 g/mol. The highest BCUT2D eigenvalue weighted by molar-refractivity contribution is 6.30. The Hall–Kier alpha value is -1.54. The third-order valence-electron chi connectivity index (χ3n) is 2.53. The zero-order valence-corrected chi connectivity index (χ0v) is 10.0. The quantitative estimate of drug-likeness (QED) is 0.859. The molecule has 17 heavy (non-hydrogen) atoms. The number of halogens is 2. The highest BCUT2D eigenvalue weighted by atomic mass is 35.5. The van der Waals surface area contributed by atoms with Crippen molar-refractivity contribution in [3.63, 3.8) is 0 Å². The lowest BCUT2D eigenvalue weighted by atomic mass is 10.1. The van der Waals surface area contributed by atoms with E-state index in [0.29, 0.717) is 18.5 Å². The van der Waals surface area contributed by atoms with Crippen LogP contribution in [0, 0.1) is 5.82 Å². The molecule has 2 aromatic carbocycles. The van der Waals surface area contributed by atoms with Crippen LogP contribution in [0.15, 0.2) is 48.5 Å². The zero-order valence-electron chi connectivity index (χ0n) is 9.29. The van der Waals surface area contributed by atoms with Crippen molar-refractivity contribution >= 4 is 17.3 Å². The van der Waals surface area contributed by atoms with Gasteiger partial charge in [0.2, 0.25) is 0 Å². The second-order valence-electron chi connectivity index (χ2n) is 3.76. The van der Waals surface area contributed by atoms with Gasteiger partial charge in [-0.25, -0.2) is 4.39 Å². The fraction of sp³-hybridized carbons (Fsp3) is 0.143. The molecule has 0 aliphatic carbocycles. The second kappa shape index (κ2) is 5.69. The summed E-state index contributed by atoms with van der Waals surface area (Å²) < 4.78 is 13.6. The third kappa shape index (κ3) is 3.21. The Balaban J connectivity index is 1.93. The van der Waals surface area contributed by atoms with Crippen LogP contribution in [0.25, 0.3) is 0 Å². The summed E-state index contributed by atoms with van der Waals surface area (Å²) in [6, 6.07) is 14.9. The van der Waals surface area contributed by atoms with E-state index in [-0.39, 0.29) is 10.8 Å². The minimum atomic E-state index is -0.316. The van der Waals surface area contributed by atoms with Gasteiger partial charge in [-0.1, -0.05) is 41.9 Å². The molecule has 88 valence electrons. The molecule has 0 saturated heterocycles. The predicted octanol–water partition coefficient (Wildman–Crippen LogP) is 4.13. The molecule has 0 radical (unpaired) electrons. The van der Waals surface area contributed by atoms with Gasteiger partial charge in [0.1, 0.15) is 5.82 Å². The Morgan fingerprint density at radius 2 is 1.76 bits per heavy atom. The maximum absolute atomic E-state index is 13.6. The van der Waals surface area contributed by atoms with Gasteiger partial charge in [-0.05, 0) is 30.2 Å². The second-order valence-corrected chi connectivity index (χ2v) is 4.16. The summed E-state index contributed by atoms with van der Waals surface area (Å²) in [5, 5.41) is 3.41. The molecule has 2 aromatic rings. The summed E-state index contributed by atoms with van der Waals surface area (Å²) in [6.07, 6.45) is 0.612. The Morgan fingerprint density at radius 3 is 2.53 bits per heavy atom. The number of benzene rings is 2. The molecular weight excluding hydrogens is 237 g/mol. The van der Waals surface area contributed by atoms with E-state index in [4.69, 9.17) is 11.6 Å². The first-order valence-corrected chi connectivity index (χ1v) is 5.87. The number of hydrogen-bond acceptors (Lipinski definition) is 1. The normalized spacial score (nSPS) is 10.2. The number of rotatable bonds is 4. The van der Waals surface area contributed by atoms with Crippen molar-refractivity contribution in [3.05, 3.63) is 64.9 Å². The van der Waals surface area contributed by atoms with E-state index < -0.39 is 0 Å². The molecule has 0 spiro atoms. The first-order chi connectivity index (χ1) is 8.27. The average Bonchev–Trinajstić information content (AvgIpc) is 2.36. The summed E-state index contributed by atoms with van der Waals surface area (Å²) in [5.74, 6) is -0.316. The van der Waals surface area contributed by atoms with E-state index >= 15 is 0 Å². The highest BCUT2D eigenvalue weighted by Gasteiger charge is 2.05. The van der Waals surface area contributed by atoms with Crippen molar-refractivity contribution in [2.24, 2.45) is 0 Å². The lowest BCUT2D eigenvalue weighted by Gasteiger charge is -2.07. The molecule has 2 rings (SSSR count). The van der Waals surface area contributed by atoms with E-state index in [1.165, 1.54) is 0 Å². The maximum Gasteiger partial charge on any atom is 0.145 e. The lowest BCUT2D eigenvalue weighted by Crippen LogP contribution is -2.06. The smallest absolute Gasteiger partial charge is 0.145 e. The topological polar surface area (TPSA) is 12.0 Å². The highest BCUT2D eigenvalue weighted by Crippen LogP contribution is 2.18. The van der Waals surface area contributed by atoms with E-state index in [9.17, 15) is 4.39 Å². The Bertz CT molecular complexity index is 485.